The quantitative estimate of drug-likeness (QED) is 0.708. The van der Waals surface area contributed by atoms with Crippen LogP contribution in [0.3, 0.4) is 0 Å². The molecule has 0 N–H and O–H groups in total. The van der Waals surface area contributed by atoms with Crippen molar-refractivity contribution in [2.24, 2.45) is 0 Å². The Morgan fingerprint density at radius 3 is 3.00 bits per heavy atom. The Hall–Kier alpha value is -1.24. The van der Waals surface area contributed by atoms with Gasteiger partial charge in [-0.2, -0.15) is 0 Å². The molecule has 1 aromatic rings. The van der Waals surface area contributed by atoms with Crippen molar-refractivity contribution in [3.05, 3.63) is 35.9 Å². The van der Waals surface area contributed by atoms with E-state index in [0.29, 0.717) is 6.04 Å². The highest BCUT2D eigenvalue weighted by Crippen LogP contribution is 2.31. The molecule has 0 saturated heterocycles. The summed E-state index contributed by atoms with van der Waals surface area (Å²) in [6.07, 6.45) is 5.64. The van der Waals surface area contributed by atoms with E-state index in [4.69, 9.17) is 0 Å². The van der Waals surface area contributed by atoms with Crippen molar-refractivity contribution >= 4 is 11.8 Å². The minimum Gasteiger partial charge on any atom is -0.371 e. The molecule has 0 aliphatic carbocycles. The molecule has 1 atom stereocenters. The molecule has 0 spiro atoms. The van der Waals surface area contributed by atoms with Crippen LogP contribution < -0.4 is 4.90 Å². The molecule has 0 fully saturated rings. The molecule has 0 bridgehead atoms. The molecular formula is C14H19N. The maximum atomic E-state index is 3.82. The second kappa shape index (κ2) is 4.09. The minimum atomic E-state index is 0.715. The fourth-order valence-electron chi connectivity index (χ4n) is 2.47. The lowest BCUT2D eigenvalue weighted by Gasteiger charge is -2.35. The zero-order chi connectivity index (χ0) is 10.8. The highest BCUT2D eigenvalue weighted by atomic mass is 15.1. The summed E-state index contributed by atoms with van der Waals surface area (Å²) >= 11 is 0. The van der Waals surface area contributed by atoms with Gasteiger partial charge in [-0.15, -0.1) is 0 Å². The van der Waals surface area contributed by atoms with E-state index in [0.717, 1.165) is 0 Å². The highest BCUT2D eigenvalue weighted by molar-refractivity contribution is 5.61. The first-order valence-electron chi connectivity index (χ1n) is 5.74. The van der Waals surface area contributed by atoms with E-state index in [-0.39, 0.29) is 0 Å². The summed E-state index contributed by atoms with van der Waals surface area (Å²) in [5.41, 5.74) is 4.11. The van der Waals surface area contributed by atoms with Gasteiger partial charge in [0, 0.05) is 18.8 Å². The van der Waals surface area contributed by atoms with Crippen molar-refractivity contribution in [2.45, 2.75) is 32.2 Å². The molecule has 0 aromatic heterocycles. The molecule has 1 heteroatoms. The lowest BCUT2D eigenvalue weighted by molar-refractivity contribution is 0.542. The second-order valence-electron chi connectivity index (χ2n) is 4.30. The second-order valence-corrected chi connectivity index (χ2v) is 4.30. The van der Waals surface area contributed by atoms with Gasteiger partial charge in [-0.1, -0.05) is 25.6 Å². The van der Waals surface area contributed by atoms with Crippen molar-refractivity contribution in [3.63, 3.8) is 0 Å². The Labute approximate surface area is 92.4 Å². The van der Waals surface area contributed by atoms with E-state index in [2.05, 4.69) is 43.6 Å². The fraction of sp³-hybridized carbons (Fsp3) is 0.429. The number of fused-ring (bicyclic) bond motifs is 1. The van der Waals surface area contributed by atoms with Crippen LogP contribution in [0.25, 0.3) is 6.08 Å². The van der Waals surface area contributed by atoms with Gasteiger partial charge in [-0.3, -0.25) is 0 Å². The van der Waals surface area contributed by atoms with E-state index >= 15 is 0 Å². The summed E-state index contributed by atoms with van der Waals surface area (Å²) in [4.78, 5) is 2.42. The zero-order valence-electron chi connectivity index (χ0n) is 9.66. The Kier molecular flexibility index (Phi) is 2.81. The third-order valence-corrected chi connectivity index (χ3v) is 3.49. The average Bonchev–Trinajstić information content (AvgIpc) is 2.29. The van der Waals surface area contributed by atoms with Crippen LogP contribution in [0.15, 0.2) is 24.8 Å². The van der Waals surface area contributed by atoms with E-state index in [1.165, 1.54) is 36.1 Å². The van der Waals surface area contributed by atoms with Gasteiger partial charge in [-0.25, -0.2) is 0 Å². The van der Waals surface area contributed by atoms with Crippen molar-refractivity contribution < 1.29 is 0 Å². The van der Waals surface area contributed by atoms with Crippen LogP contribution >= 0.6 is 0 Å². The molecule has 0 saturated carbocycles. The third-order valence-electron chi connectivity index (χ3n) is 3.49. The molecule has 1 aromatic carbocycles. The molecule has 0 amide bonds. The minimum absolute atomic E-state index is 0.715. The third kappa shape index (κ3) is 1.79. The largest absolute Gasteiger partial charge is 0.371 e. The maximum absolute atomic E-state index is 3.82. The van der Waals surface area contributed by atoms with Crippen LogP contribution in [0, 0.1) is 0 Å². The maximum Gasteiger partial charge on any atom is 0.0399 e. The van der Waals surface area contributed by atoms with Gasteiger partial charge in [-0.05, 0) is 42.5 Å². The first kappa shape index (κ1) is 10.3. The predicted molar refractivity (Wildman–Crippen MR) is 67.3 cm³/mol. The van der Waals surface area contributed by atoms with Crippen LogP contribution in [0.1, 0.15) is 30.9 Å². The molecular weight excluding hydrogens is 182 g/mol. The summed E-state index contributed by atoms with van der Waals surface area (Å²) < 4.78 is 0. The van der Waals surface area contributed by atoms with Crippen molar-refractivity contribution in [1.29, 1.82) is 0 Å². The van der Waals surface area contributed by atoms with Gasteiger partial charge in [0.15, 0.2) is 0 Å². The molecule has 1 aliphatic heterocycles. The van der Waals surface area contributed by atoms with Crippen LogP contribution in [-0.2, 0) is 6.42 Å². The highest BCUT2D eigenvalue weighted by Gasteiger charge is 2.21. The molecule has 1 aliphatic rings. The predicted octanol–water partition coefficient (Wildman–Crippen LogP) is 3.49. The van der Waals surface area contributed by atoms with Gasteiger partial charge in [0.2, 0.25) is 0 Å². The molecule has 1 heterocycles. The molecule has 1 unspecified atom stereocenters. The Morgan fingerprint density at radius 2 is 2.33 bits per heavy atom. The topological polar surface area (TPSA) is 3.24 Å². The van der Waals surface area contributed by atoms with Crippen LogP contribution in [-0.4, -0.2) is 13.1 Å². The zero-order valence-corrected chi connectivity index (χ0v) is 9.66. The van der Waals surface area contributed by atoms with Gasteiger partial charge in [0.25, 0.3) is 0 Å². The summed E-state index contributed by atoms with van der Waals surface area (Å²) in [6, 6.07) is 7.37. The van der Waals surface area contributed by atoms with Gasteiger partial charge in [0.05, 0.1) is 0 Å². The Morgan fingerprint density at radius 1 is 1.53 bits per heavy atom. The lowest BCUT2D eigenvalue weighted by atomic mass is 9.93. The smallest absolute Gasteiger partial charge is 0.0399 e. The summed E-state index contributed by atoms with van der Waals surface area (Å²) in [5.74, 6) is 0. The van der Waals surface area contributed by atoms with Crippen molar-refractivity contribution in [3.8, 4) is 0 Å². The summed E-state index contributed by atoms with van der Waals surface area (Å²) in [6.45, 7) is 6.08. The SMILES string of the molecule is C=Cc1ccc2c(c1)CCC(CC)N2C. The van der Waals surface area contributed by atoms with E-state index in [1.807, 2.05) is 6.08 Å². The number of anilines is 1. The molecule has 80 valence electrons. The first-order valence-corrected chi connectivity index (χ1v) is 5.74. The summed E-state index contributed by atoms with van der Waals surface area (Å²) in [5, 5.41) is 0. The average molecular weight is 201 g/mol. The number of benzene rings is 1. The van der Waals surface area contributed by atoms with Crippen LogP contribution in [0.4, 0.5) is 5.69 Å². The van der Waals surface area contributed by atoms with Crippen molar-refractivity contribution in [1.82, 2.24) is 0 Å². The van der Waals surface area contributed by atoms with Gasteiger partial charge < -0.3 is 4.90 Å². The van der Waals surface area contributed by atoms with Gasteiger partial charge >= 0.3 is 0 Å². The monoisotopic (exact) mass is 201 g/mol. The lowest BCUT2D eigenvalue weighted by Crippen LogP contribution is -2.35. The fourth-order valence-corrected chi connectivity index (χ4v) is 2.47. The molecule has 15 heavy (non-hydrogen) atoms. The van der Waals surface area contributed by atoms with Crippen LogP contribution in [0.5, 0.6) is 0 Å². The van der Waals surface area contributed by atoms with E-state index < -0.39 is 0 Å². The van der Waals surface area contributed by atoms with E-state index in [9.17, 15) is 0 Å². The molecule has 1 nitrogen and oxygen atoms in total. The Balaban J connectivity index is 2.36. The number of hydrogen-bond donors (Lipinski definition) is 0. The van der Waals surface area contributed by atoms with E-state index in [1.54, 1.807) is 0 Å². The summed E-state index contributed by atoms with van der Waals surface area (Å²) in [7, 11) is 2.21. The van der Waals surface area contributed by atoms with Crippen LogP contribution in [0.2, 0.25) is 0 Å². The number of hydrogen-bond acceptors (Lipinski definition) is 1. The standard InChI is InChI=1S/C14H19N/c1-4-11-6-9-14-12(10-11)7-8-13(5-2)15(14)3/h4,6,9-10,13H,1,5,7-8H2,2-3H3. The van der Waals surface area contributed by atoms with Gasteiger partial charge in [0.1, 0.15) is 0 Å². The normalized spacial score (nSPS) is 19.9. The number of nitrogens with zero attached hydrogens (tertiary/aromatic N) is 1. The first-order chi connectivity index (χ1) is 7.26. The Bertz CT molecular complexity index is 368. The van der Waals surface area contributed by atoms with Crippen molar-refractivity contribution in [2.75, 3.05) is 11.9 Å². The molecule has 0 radical (unpaired) electrons. The molecule has 2 rings (SSSR count). The number of rotatable bonds is 2. The number of aryl methyl sites for hydroxylation is 1.